The summed E-state index contributed by atoms with van der Waals surface area (Å²) in [5.41, 5.74) is 2.95. The van der Waals surface area contributed by atoms with E-state index in [0.29, 0.717) is 30.0 Å². The molecule has 0 heterocycles. The van der Waals surface area contributed by atoms with E-state index in [0.717, 1.165) is 24.1 Å². The van der Waals surface area contributed by atoms with Gasteiger partial charge >= 0.3 is 17.9 Å². The molecule has 2 aromatic carbocycles. The van der Waals surface area contributed by atoms with Crippen molar-refractivity contribution in [1.82, 2.24) is 4.90 Å². The Bertz CT molecular complexity index is 1040. The van der Waals surface area contributed by atoms with Gasteiger partial charge in [0.05, 0.1) is 12.5 Å². The number of carboxylic acids is 2. The van der Waals surface area contributed by atoms with Crippen molar-refractivity contribution in [3.8, 4) is 5.75 Å². The number of benzene rings is 2. The van der Waals surface area contributed by atoms with Crippen LogP contribution >= 0.6 is 0 Å². The van der Waals surface area contributed by atoms with Gasteiger partial charge in [0.15, 0.2) is 0 Å². The molecule has 0 saturated heterocycles. The van der Waals surface area contributed by atoms with Gasteiger partial charge in [0, 0.05) is 35.7 Å². The van der Waals surface area contributed by atoms with Crippen LogP contribution in [0.15, 0.2) is 60.7 Å². The monoisotopic (exact) mass is 527 g/mol. The van der Waals surface area contributed by atoms with Crippen molar-refractivity contribution in [2.75, 3.05) is 6.54 Å². The van der Waals surface area contributed by atoms with E-state index < -0.39 is 11.9 Å². The first kappa shape index (κ1) is 32.5. The number of aliphatic hydroxyl groups is 1. The van der Waals surface area contributed by atoms with Crippen molar-refractivity contribution < 1.29 is 34.4 Å². The van der Waals surface area contributed by atoms with Crippen LogP contribution in [0.4, 0.5) is 0 Å². The van der Waals surface area contributed by atoms with E-state index in [9.17, 15) is 19.5 Å². The van der Waals surface area contributed by atoms with Crippen LogP contribution in [-0.4, -0.2) is 56.8 Å². The third-order valence-electron chi connectivity index (χ3n) is 5.89. The number of aliphatic carboxylic acids is 2. The van der Waals surface area contributed by atoms with E-state index in [1.165, 1.54) is 5.56 Å². The van der Waals surface area contributed by atoms with Gasteiger partial charge in [-0.1, -0.05) is 50.2 Å². The summed E-state index contributed by atoms with van der Waals surface area (Å²) >= 11 is 0. The predicted molar refractivity (Wildman–Crippen MR) is 147 cm³/mol. The van der Waals surface area contributed by atoms with E-state index in [1.807, 2.05) is 50.2 Å². The van der Waals surface area contributed by atoms with Gasteiger partial charge in [0.1, 0.15) is 5.75 Å². The van der Waals surface area contributed by atoms with Crippen molar-refractivity contribution in [3.63, 3.8) is 0 Å². The SMILES string of the molecule is CC(C)C(=O)Oc1ccc(CO)cc1[C@@H](CCN(C(C)C)C(C)C)c1ccccc1.O=C(O)/C=C/C(=O)O. The Labute approximate surface area is 225 Å². The fourth-order valence-electron chi connectivity index (χ4n) is 4.01. The predicted octanol–water partition coefficient (Wildman–Crippen LogP) is 5.09. The molecule has 0 aliphatic heterocycles. The first-order chi connectivity index (χ1) is 17.9. The first-order valence-electron chi connectivity index (χ1n) is 12.8. The molecule has 1 atom stereocenters. The maximum Gasteiger partial charge on any atom is 0.328 e. The average Bonchev–Trinajstić information content (AvgIpc) is 2.86. The normalized spacial score (nSPS) is 12.1. The van der Waals surface area contributed by atoms with Crippen LogP contribution in [0.3, 0.4) is 0 Å². The van der Waals surface area contributed by atoms with E-state index >= 15 is 0 Å². The molecule has 3 N–H and O–H groups in total. The molecule has 0 bridgehead atoms. The molecule has 208 valence electrons. The molecule has 0 aliphatic rings. The zero-order chi connectivity index (χ0) is 28.8. The highest BCUT2D eigenvalue weighted by Gasteiger charge is 2.23. The molecule has 8 nitrogen and oxygen atoms in total. The Morgan fingerprint density at radius 1 is 0.868 bits per heavy atom. The molecule has 0 aromatic heterocycles. The molecule has 0 radical (unpaired) electrons. The Morgan fingerprint density at radius 2 is 1.42 bits per heavy atom. The fourth-order valence-corrected chi connectivity index (χ4v) is 4.01. The van der Waals surface area contributed by atoms with Crippen molar-refractivity contribution >= 4 is 17.9 Å². The Hall–Kier alpha value is -3.49. The van der Waals surface area contributed by atoms with Crippen LogP contribution in [0.2, 0.25) is 0 Å². The highest BCUT2D eigenvalue weighted by atomic mass is 16.5. The molecule has 0 aliphatic carbocycles. The number of carbonyl (C=O) groups is 3. The smallest absolute Gasteiger partial charge is 0.328 e. The van der Waals surface area contributed by atoms with Gasteiger partial charge in [-0.25, -0.2) is 9.59 Å². The summed E-state index contributed by atoms with van der Waals surface area (Å²) in [5, 5.41) is 25.3. The highest BCUT2D eigenvalue weighted by Crippen LogP contribution is 2.36. The zero-order valence-electron chi connectivity index (χ0n) is 23.1. The number of esters is 1. The Kier molecular flexibility index (Phi) is 14.0. The lowest BCUT2D eigenvalue weighted by molar-refractivity contribution is -0.138. The molecule has 38 heavy (non-hydrogen) atoms. The molecule has 0 amide bonds. The highest BCUT2D eigenvalue weighted by molar-refractivity contribution is 5.89. The molecule has 0 unspecified atom stereocenters. The Morgan fingerprint density at radius 3 is 1.87 bits per heavy atom. The zero-order valence-corrected chi connectivity index (χ0v) is 23.1. The summed E-state index contributed by atoms with van der Waals surface area (Å²) in [6.07, 6.45) is 2.01. The third kappa shape index (κ3) is 11.3. The van der Waals surface area contributed by atoms with Crippen LogP contribution < -0.4 is 4.74 Å². The largest absolute Gasteiger partial charge is 0.478 e. The number of nitrogens with zero attached hydrogens (tertiary/aromatic N) is 1. The van der Waals surface area contributed by atoms with Crippen molar-refractivity contribution in [3.05, 3.63) is 77.4 Å². The van der Waals surface area contributed by atoms with Crippen LogP contribution in [0.5, 0.6) is 5.75 Å². The summed E-state index contributed by atoms with van der Waals surface area (Å²) in [6, 6.07) is 16.9. The lowest BCUT2D eigenvalue weighted by Crippen LogP contribution is -2.38. The van der Waals surface area contributed by atoms with Gasteiger partial charge in [-0.15, -0.1) is 0 Å². The van der Waals surface area contributed by atoms with E-state index in [4.69, 9.17) is 14.9 Å². The number of carbonyl (C=O) groups excluding carboxylic acids is 1. The molecular formula is C30H41NO7. The lowest BCUT2D eigenvalue weighted by Gasteiger charge is -2.32. The topological polar surface area (TPSA) is 124 Å². The van der Waals surface area contributed by atoms with E-state index in [-0.39, 0.29) is 24.4 Å². The third-order valence-corrected chi connectivity index (χ3v) is 5.89. The molecule has 2 aromatic rings. The maximum atomic E-state index is 12.3. The second-order valence-electron chi connectivity index (χ2n) is 9.79. The molecule has 2 rings (SSSR count). The number of hydrogen-bond donors (Lipinski definition) is 3. The minimum absolute atomic E-state index is 0.0446. The van der Waals surface area contributed by atoms with Crippen molar-refractivity contribution in [2.24, 2.45) is 5.92 Å². The van der Waals surface area contributed by atoms with E-state index in [1.54, 1.807) is 0 Å². The molecular weight excluding hydrogens is 486 g/mol. The summed E-state index contributed by atoms with van der Waals surface area (Å²) < 4.78 is 5.78. The quantitative estimate of drug-likeness (QED) is 0.198. The number of carboxylic acid groups (broad SMARTS) is 2. The molecule has 8 heteroatoms. The number of rotatable bonds is 12. The van der Waals surface area contributed by atoms with Crippen LogP contribution in [-0.2, 0) is 21.0 Å². The van der Waals surface area contributed by atoms with Gasteiger partial charge in [0.25, 0.3) is 0 Å². The second-order valence-corrected chi connectivity index (χ2v) is 9.79. The maximum absolute atomic E-state index is 12.3. The van der Waals surface area contributed by atoms with Crippen molar-refractivity contribution in [1.29, 1.82) is 0 Å². The van der Waals surface area contributed by atoms with E-state index in [2.05, 4.69) is 44.7 Å². The van der Waals surface area contributed by atoms with Gasteiger partial charge < -0.3 is 20.1 Å². The lowest BCUT2D eigenvalue weighted by atomic mass is 9.86. The van der Waals surface area contributed by atoms with Crippen LogP contribution in [0, 0.1) is 5.92 Å². The van der Waals surface area contributed by atoms with Gasteiger partial charge in [-0.2, -0.15) is 0 Å². The molecule has 0 saturated carbocycles. The van der Waals surface area contributed by atoms with Crippen LogP contribution in [0.25, 0.3) is 0 Å². The summed E-state index contributed by atoms with van der Waals surface area (Å²) in [5.74, 6) is -2.32. The van der Waals surface area contributed by atoms with Gasteiger partial charge in [0.2, 0.25) is 0 Å². The number of hydrogen-bond acceptors (Lipinski definition) is 6. The molecule has 0 fully saturated rings. The number of ether oxygens (including phenoxy) is 1. The minimum atomic E-state index is -1.26. The second kappa shape index (κ2) is 16.4. The number of aliphatic hydroxyl groups excluding tert-OH is 1. The first-order valence-corrected chi connectivity index (χ1v) is 12.8. The fraction of sp³-hybridized carbons (Fsp3) is 0.433. The van der Waals surface area contributed by atoms with Crippen molar-refractivity contribution in [2.45, 2.75) is 72.6 Å². The minimum Gasteiger partial charge on any atom is -0.478 e. The summed E-state index contributed by atoms with van der Waals surface area (Å²) in [6.45, 7) is 13.4. The average molecular weight is 528 g/mol. The van der Waals surface area contributed by atoms with Gasteiger partial charge in [-0.05, 0) is 63.9 Å². The van der Waals surface area contributed by atoms with Gasteiger partial charge in [-0.3, -0.25) is 9.69 Å². The van der Waals surface area contributed by atoms with Crippen LogP contribution in [0.1, 0.15) is 70.6 Å². The Balaban J connectivity index is 0.000000781. The summed E-state index contributed by atoms with van der Waals surface area (Å²) in [4.78, 5) is 33.9. The standard InChI is InChI=1S/C26H37NO3.C4H4O4/c1-18(2)26(29)30-25-13-12-21(17-28)16-24(25)23(22-10-8-7-9-11-22)14-15-27(19(3)4)20(5)6;5-3(6)1-2-4(7)8/h7-13,16,18-20,23,28H,14-15,17H2,1-6H3;1-2H,(H,5,6)(H,7,8)/b;2-1+/t23-;/m0./s1. The summed E-state index contributed by atoms with van der Waals surface area (Å²) in [7, 11) is 0. The molecule has 0 spiro atoms.